The summed E-state index contributed by atoms with van der Waals surface area (Å²) in [6.45, 7) is 4.27. The maximum atomic E-state index is 12.3. The van der Waals surface area contributed by atoms with Crippen molar-refractivity contribution in [1.29, 1.82) is 0 Å². The van der Waals surface area contributed by atoms with Crippen molar-refractivity contribution < 1.29 is 24.3 Å². The molecule has 0 bridgehead atoms. The molecule has 0 saturated carbocycles. The Hall–Kier alpha value is -2.69. The van der Waals surface area contributed by atoms with Gasteiger partial charge in [-0.25, -0.2) is 19.4 Å². The van der Waals surface area contributed by atoms with Gasteiger partial charge in [0.2, 0.25) is 0 Å². The van der Waals surface area contributed by atoms with Gasteiger partial charge in [-0.05, 0) is 0 Å². The van der Waals surface area contributed by atoms with Gasteiger partial charge in [-0.1, -0.05) is 13.8 Å². The van der Waals surface area contributed by atoms with E-state index in [0.29, 0.717) is 5.69 Å². The predicted octanol–water partition coefficient (Wildman–Crippen LogP) is 0.459. The van der Waals surface area contributed by atoms with E-state index >= 15 is 0 Å². The molecule has 2 rings (SSSR count). The van der Waals surface area contributed by atoms with Crippen LogP contribution < -0.4 is 16.0 Å². The fourth-order valence-corrected chi connectivity index (χ4v) is 3.14. The number of aromatic nitrogens is 1. The second-order valence-corrected chi connectivity index (χ2v) is 7.17. The van der Waals surface area contributed by atoms with Crippen molar-refractivity contribution in [3.8, 4) is 0 Å². The number of thiazole rings is 1. The van der Waals surface area contributed by atoms with E-state index in [2.05, 4.69) is 15.6 Å². The number of amides is 5. The van der Waals surface area contributed by atoms with Crippen LogP contribution in [0.15, 0.2) is 5.38 Å². The van der Waals surface area contributed by atoms with Gasteiger partial charge in [0.1, 0.15) is 12.1 Å². The van der Waals surface area contributed by atoms with Crippen LogP contribution in [0.2, 0.25) is 0 Å². The average Bonchev–Trinajstić information content (AvgIpc) is 3.13. The van der Waals surface area contributed by atoms with Crippen molar-refractivity contribution in [2.24, 2.45) is 0 Å². The minimum absolute atomic E-state index is 0.224. The fourth-order valence-electron chi connectivity index (χ4n) is 2.32. The van der Waals surface area contributed by atoms with E-state index in [4.69, 9.17) is 0 Å². The molecule has 1 aromatic heterocycles. The summed E-state index contributed by atoms with van der Waals surface area (Å²) in [4.78, 5) is 52.0. The highest BCUT2D eigenvalue weighted by atomic mass is 32.1. The smallest absolute Gasteiger partial charge is 0.326 e. The van der Waals surface area contributed by atoms with Gasteiger partial charge in [-0.3, -0.25) is 10.1 Å². The lowest BCUT2D eigenvalue weighted by atomic mass is 10.1. The molecular weight excluding hydrogens is 362 g/mol. The molecule has 26 heavy (non-hydrogen) atoms. The quantitative estimate of drug-likeness (QED) is 0.504. The molecule has 4 N–H and O–H groups in total. The number of urea groups is 2. The number of nitrogens with zero attached hydrogens (tertiary/aromatic N) is 2. The number of carbonyl (C=O) groups is 4. The van der Waals surface area contributed by atoms with Crippen molar-refractivity contribution in [3.05, 3.63) is 16.1 Å². The Morgan fingerprint density at radius 3 is 2.62 bits per heavy atom. The van der Waals surface area contributed by atoms with Gasteiger partial charge in [-0.2, -0.15) is 0 Å². The molecule has 2 heterocycles. The lowest BCUT2D eigenvalue weighted by Crippen LogP contribution is -2.49. The normalized spacial score (nSPS) is 17.6. The Morgan fingerprint density at radius 2 is 2.12 bits per heavy atom. The molecule has 1 aliphatic heterocycles. The van der Waals surface area contributed by atoms with Crippen LogP contribution >= 0.6 is 11.3 Å². The average molecular weight is 383 g/mol. The fraction of sp³-hybridized carbons (Fsp3) is 0.533. The first-order chi connectivity index (χ1) is 12.2. The van der Waals surface area contributed by atoms with E-state index in [1.54, 1.807) is 0 Å². The summed E-state index contributed by atoms with van der Waals surface area (Å²) in [5.41, 5.74) is 0.714. The minimum Gasteiger partial charge on any atom is -0.480 e. The summed E-state index contributed by atoms with van der Waals surface area (Å²) in [6.07, 6.45) is -0.249. The zero-order valence-electron chi connectivity index (χ0n) is 14.6. The highest BCUT2D eigenvalue weighted by molar-refractivity contribution is 7.09. The molecule has 11 heteroatoms. The molecular formula is C15H21N5O5S. The first kappa shape index (κ1) is 19.6. The number of carbonyl (C=O) groups excluding carboxylic acids is 3. The molecule has 142 valence electrons. The van der Waals surface area contributed by atoms with E-state index < -0.39 is 36.0 Å². The third-order valence-electron chi connectivity index (χ3n) is 3.74. The molecule has 1 aromatic rings. The number of carboxylic acids is 1. The Balaban J connectivity index is 1.94. The van der Waals surface area contributed by atoms with Gasteiger partial charge in [0.15, 0.2) is 0 Å². The van der Waals surface area contributed by atoms with Crippen LogP contribution in [-0.2, 0) is 16.1 Å². The van der Waals surface area contributed by atoms with E-state index in [1.165, 1.54) is 23.3 Å². The molecule has 2 atom stereocenters. The van der Waals surface area contributed by atoms with Crippen molar-refractivity contribution in [1.82, 2.24) is 25.8 Å². The SMILES string of the molecule is CC(C)c1nc(CN(C)C(=O)NC(CC2NC(=O)NC2=O)C(=O)O)cs1. The monoisotopic (exact) mass is 383 g/mol. The largest absolute Gasteiger partial charge is 0.480 e. The maximum absolute atomic E-state index is 12.3. The molecule has 2 unspecified atom stereocenters. The summed E-state index contributed by atoms with van der Waals surface area (Å²) in [5.74, 6) is -1.62. The van der Waals surface area contributed by atoms with Crippen molar-refractivity contribution in [3.63, 3.8) is 0 Å². The van der Waals surface area contributed by atoms with Crippen LogP contribution in [0, 0.1) is 0 Å². The van der Waals surface area contributed by atoms with Gasteiger partial charge in [0.25, 0.3) is 5.91 Å². The number of hydrogen-bond donors (Lipinski definition) is 4. The number of hydrogen-bond acceptors (Lipinski definition) is 6. The predicted molar refractivity (Wildman–Crippen MR) is 92.7 cm³/mol. The summed E-state index contributed by atoms with van der Waals surface area (Å²) in [6, 6.07) is -3.61. The highest BCUT2D eigenvalue weighted by Gasteiger charge is 2.34. The summed E-state index contributed by atoms with van der Waals surface area (Å²) < 4.78 is 0. The topological polar surface area (TPSA) is 141 Å². The number of nitrogens with one attached hydrogen (secondary N) is 3. The summed E-state index contributed by atoms with van der Waals surface area (Å²) in [7, 11) is 1.52. The molecule has 0 radical (unpaired) electrons. The lowest BCUT2D eigenvalue weighted by molar-refractivity contribution is -0.139. The molecule has 0 spiro atoms. The maximum Gasteiger partial charge on any atom is 0.326 e. The second-order valence-electron chi connectivity index (χ2n) is 6.28. The standard InChI is InChI=1S/C15H21N5O5S/c1-7(2)12-16-8(6-26-12)5-20(3)15(25)18-10(13(22)23)4-9-11(21)19-14(24)17-9/h6-7,9-10H,4-5H2,1-3H3,(H,18,25)(H,22,23)(H2,17,19,21,24). The number of imide groups is 1. The molecule has 0 aromatic carbocycles. The van der Waals surface area contributed by atoms with Gasteiger partial charge in [0.05, 0.1) is 17.2 Å². The zero-order chi connectivity index (χ0) is 19.4. The lowest BCUT2D eigenvalue weighted by Gasteiger charge is -2.22. The number of aliphatic carboxylic acids is 1. The van der Waals surface area contributed by atoms with Crippen molar-refractivity contribution >= 4 is 35.3 Å². The Morgan fingerprint density at radius 1 is 1.42 bits per heavy atom. The first-order valence-corrected chi connectivity index (χ1v) is 8.85. The molecule has 1 saturated heterocycles. The third kappa shape index (κ3) is 4.91. The molecule has 10 nitrogen and oxygen atoms in total. The minimum atomic E-state index is -1.32. The van der Waals surface area contributed by atoms with Crippen LogP contribution in [0.5, 0.6) is 0 Å². The van der Waals surface area contributed by atoms with E-state index in [1.807, 2.05) is 24.5 Å². The Labute approximate surface area is 154 Å². The summed E-state index contributed by atoms with van der Waals surface area (Å²) >= 11 is 1.50. The van der Waals surface area contributed by atoms with E-state index in [-0.39, 0.29) is 18.9 Å². The number of rotatable bonds is 7. The van der Waals surface area contributed by atoms with Crippen LogP contribution in [-0.4, -0.2) is 58.1 Å². The van der Waals surface area contributed by atoms with Gasteiger partial charge in [0, 0.05) is 24.8 Å². The highest BCUT2D eigenvalue weighted by Crippen LogP contribution is 2.19. The summed E-state index contributed by atoms with van der Waals surface area (Å²) in [5, 5.41) is 18.8. The molecule has 0 aliphatic carbocycles. The van der Waals surface area contributed by atoms with Crippen LogP contribution in [0.3, 0.4) is 0 Å². The van der Waals surface area contributed by atoms with Crippen molar-refractivity contribution in [2.75, 3.05) is 7.05 Å². The molecule has 1 fully saturated rings. The van der Waals surface area contributed by atoms with Crippen molar-refractivity contribution in [2.45, 2.75) is 44.8 Å². The zero-order valence-corrected chi connectivity index (χ0v) is 15.4. The first-order valence-electron chi connectivity index (χ1n) is 7.97. The van der Waals surface area contributed by atoms with Crippen LogP contribution in [0.4, 0.5) is 9.59 Å². The van der Waals surface area contributed by atoms with Crippen LogP contribution in [0.1, 0.15) is 36.9 Å². The Bertz CT molecular complexity index is 719. The van der Waals surface area contributed by atoms with Gasteiger partial charge in [-0.15, -0.1) is 11.3 Å². The Kier molecular flexibility index (Phi) is 6.14. The van der Waals surface area contributed by atoms with E-state index in [0.717, 1.165) is 5.01 Å². The molecule has 5 amide bonds. The molecule has 1 aliphatic rings. The van der Waals surface area contributed by atoms with E-state index in [9.17, 15) is 24.3 Å². The van der Waals surface area contributed by atoms with Crippen LogP contribution in [0.25, 0.3) is 0 Å². The second kappa shape index (κ2) is 8.13. The number of carboxylic acid groups (broad SMARTS) is 1. The van der Waals surface area contributed by atoms with Gasteiger partial charge >= 0.3 is 18.0 Å². The third-order valence-corrected chi connectivity index (χ3v) is 4.93. The van der Waals surface area contributed by atoms with Gasteiger partial charge < -0.3 is 20.6 Å².